The monoisotopic (exact) mass is 346 g/mol. The van der Waals surface area contributed by atoms with E-state index in [1.165, 1.54) is 4.90 Å². The van der Waals surface area contributed by atoms with E-state index in [-0.39, 0.29) is 23.6 Å². The molecule has 2 saturated heterocycles. The van der Waals surface area contributed by atoms with Gasteiger partial charge in [0.15, 0.2) is 0 Å². The number of urea groups is 1. The minimum atomic E-state index is -0.202. The highest BCUT2D eigenvalue weighted by atomic mass is 16.5. The molecule has 0 radical (unpaired) electrons. The van der Waals surface area contributed by atoms with Crippen LogP contribution in [0.2, 0.25) is 0 Å². The van der Waals surface area contributed by atoms with Crippen molar-refractivity contribution in [3.63, 3.8) is 0 Å². The fourth-order valence-corrected chi connectivity index (χ4v) is 3.52. The molecule has 3 heterocycles. The van der Waals surface area contributed by atoms with E-state index in [0.717, 1.165) is 25.0 Å². The summed E-state index contributed by atoms with van der Waals surface area (Å²) in [6.07, 6.45) is 4.50. The van der Waals surface area contributed by atoms with Gasteiger partial charge in [0.25, 0.3) is 0 Å². The zero-order valence-electron chi connectivity index (χ0n) is 14.9. The van der Waals surface area contributed by atoms with Crippen LogP contribution in [-0.4, -0.2) is 72.2 Å². The molecule has 136 valence electrons. The number of aromatic nitrogens is 1. The fourth-order valence-electron chi connectivity index (χ4n) is 3.52. The Morgan fingerprint density at radius 2 is 2.12 bits per heavy atom. The molecular formula is C18H26N4O3. The quantitative estimate of drug-likeness (QED) is 0.888. The van der Waals surface area contributed by atoms with Crippen LogP contribution in [0.5, 0.6) is 0 Å². The molecule has 0 saturated carbocycles. The number of rotatable bonds is 3. The van der Waals surface area contributed by atoms with Crippen molar-refractivity contribution in [1.29, 1.82) is 0 Å². The van der Waals surface area contributed by atoms with Crippen molar-refractivity contribution >= 4 is 11.9 Å². The normalized spacial score (nSPS) is 22.0. The van der Waals surface area contributed by atoms with Crippen LogP contribution in [0.15, 0.2) is 24.4 Å². The summed E-state index contributed by atoms with van der Waals surface area (Å²) in [5.41, 5.74) is 0.600. The summed E-state index contributed by atoms with van der Waals surface area (Å²) in [6.45, 7) is 1.93. The second-order valence-corrected chi connectivity index (χ2v) is 7.12. The number of hydrogen-bond donors (Lipinski definition) is 1. The average molecular weight is 346 g/mol. The number of nitrogens with one attached hydrogen (secondary N) is 1. The Morgan fingerprint density at radius 1 is 1.36 bits per heavy atom. The molecule has 7 heteroatoms. The lowest BCUT2D eigenvalue weighted by Gasteiger charge is -2.38. The number of piperidine rings is 1. The predicted molar refractivity (Wildman–Crippen MR) is 93.1 cm³/mol. The third-order valence-electron chi connectivity index (χ3n) is 5.03. The summed E-state index contributed by atoms with van der Waals surface area (Å²) in [4.78, 5) is 31.9. The van der Waals surface area contributed by atoms with Crippen LogP contribution in [0.4, 0.5) is 4.79 Å². The van der Waals surface area contributed by atoms with Gasteiger partial charge in [0, 0.05) is 39.1 Å². The Morgan fingerprint density at radius 3 is 2.76 bits per heavy atom. The first-order valence-corrected chi connectivity index (χ1v) is 8.77. The first-order chi connectivity index (χ1) is 12.0. The molecule has 1 atom stereocenters. The second kappa shape index (κ2) is 7.39. The summed E-state index contributed by atoms with van der Waals surface area (Å²) in [5.74, 6) is 0.115. The maximum Gasteiger partial charge on any atom is 0.317 e. The highest BCUT2D eigenvalue weighted by Crippen LogP contribution is 2.36. The Kier molecular flexibility index (Phi) is 5.22. The highest BCUT2D eigenvalue weighted by molar-refractivity contribution is 5.78. The number of carbonyl (C=O) groups is 2. The number of amides is 3. The topological polar surface area (TPSA) is 74.8 Å². The van der Waals surface area contributed by atoms with Gasteiger partial charge in [-0.1, -0.05) is 6.07 Å². The van der Waals surface area contributed by atoms with E-state index in [1.54, 1.807) is 20.3 Å². The molecule has 7 nitrogen and oxygen atoms in total. The predicted octanol–water partition coefficient (Wildman–Crippen LogP) is 1.05. The maximum absolute atomic E-state index is 12.4. The molecule has 1 aromatic heterocycles. The number of nitrogens with zero attached hydrogens (tertiary/aromatic N) is 3. The van der Waals surface area contributed by atoms with Crippen LogP contribution >= 0.6 is 0 Å². The fraction of sp³-hybridized carbons (Fsp3) is 0.611. The Hall–Kier alpha value is -2.15. The molecule has 0 aliphatic carbocycles. The minimum absolute atomic E-state index is 0.0469. The van der Waals surface area contributed by atoms with Gasteiger partial charge in [-0.05, 0) is 31.4 Å². The van der Waals surface area contributed by atoms with Crippen molar-refractivity contribution in [1.82, 2.24) is 20.1 Å². The van der Waals surface area contributed by atoms with Crippen LogP contribution in [0.25, 0.3) is 0 Å². The molecule has 1 aromatic rings. The van der Waals surface area contributed by atoms with Gasteiger partial charge in [0.05, 0.1) is 24.7 Å². The summed E-state index contributed by atoms with van der Waals surface area (Å²) < 4.78 is 6.04. The molecular weight excluding hydrogens is 320 g/mol. The van der Waals surface area contributed by atoms with Crippen molar-refractivity contribution in [2.24, 2.45) is 0 Å². The van der Waals surface area contributed by atoms with Crippen molar-refractivity contribution in [3.8, 4) is 0 Å². The third-order valence-corrected chi connectivity index (χ3v) is 5.03. The zero-order valence-corrected chi connectivity index (χ0v) is 14.9. The van der Waals surface area contributed by atoms with E-state index in [9.17, 15) is 9.59 Å². The standard InChI is InChI=1S/C18H26N4O3/c1-21(2)17(24)20-15-12-18(25-13-15)6-9-22(10-7-18)16(23)11-14-5-3-4-8-19-14/h3-5,8,15H,6-7,9-13H2,1-2H3,(H,20,24)/t15-/m0/s1. The molecule has 2 fully saturated rings. The van der Waals surface area contributed by atoms with Crippen LogP contribution in [0.3, 0.4) is 0 Å². The molecule has 1 N–H and O–H groups in total. The summed E-state index contributed by atoms with van der Waals surface area (Å²) in [7, 11) is 3.46. The van der Waals surface area contributed by atoms with Gasteiger partial charge < -0.3 is 19.9 Å². The number of carbonyl (C=O) groups excluding carboxylic acids is 2. The Labute approximate surface area is 148 Å². The van der Waals surface area contributed by atoms with Gasteiger partial charge >= 0.3 is 6.03 Å². The molecule has 3 amide bonds. The van der Waals surface area contributed by atoms with E-state index in [4.69, 9.17) is 4.74 Å². The number of hydrogen-bond acceptors (Lipinski definition) is 4. The van der Waals surface area contributed by atoms with Crippen LogP contribution in [0, 0.1) is 0 Å². The smallest absolute Gasteiger partial charge is 0.317 e. The summed E-state index contributed by atoms with van der Waals surface area (Å²) in [6, 6.07) is 5.58. The van der Waals surface area contributed by atoms with Gasteiger partial charge in [0.1, 0.15) is 0 Å². The lowest BCUT2D eigenvalue weighted by atomic mass is 9.87. The average Bonchev–Trinajstić information content (AvgIpc) is 2.98. The first-order valence-electron chi connectivity index (χ1n) is 8.77. The van der Waals surface area contributed by atoms with E-state index >= 15 is 0 Å². The van der Waals surface area contributed by atoms with Crippen LogP contribution in [0.1, 0.15) is 25.0 Å². The molecule has 1 spiro atoms. The number of pyridine rings is 1. The first kappa shape index (κ1) is 17.7. The zero-order chi connectivity index (χ0) is 17.9. The molecule has 2 aliphatic rings. The van der Waals surface area contributed by atoms with E-state index < -0.39 is 0 Å². The summed E-state index contributed by atoms with van der Waals surface area (Å²) in [5, 5.41) is 2.99. The minimum Gasteiger partial charge on any atom is -0.373 e. The van der Waals surface area contributed by atoms with Gasteiger partial charge in [-0.25, -0.2) is 4.79 Å². The molecule has 25 heavy (non-hydrogen) atoms. The maximum atomic E-state index is 12.4. The second-order valence-electron chi connectivity index (χ2n) is 7.12. The van der Waals surface area contributed by atoms with Gasteiger partial charge in [-0.3, -0.25) is 9.78 Å². The van der Waals surface area contributed by atoms with Crippen molar-refractivity contribution < 1.29 is 14.3 Å². The molecule has 3 rings (SSSR count). The van der Waals surface area contributed by atoms with Crippen molar-refractivity contribution in [2.45, 2.75) is 37.3 Å². The molecule has 0 unspecified atom stereocenters. The number of likely N-dealkylation sites (tertiary alicyclic amines) is 1. The van der Waals surface area contributed by atoms with Crippen LogP contribution < -0.4 is 5.32 Å². The van der Waals surface area contributed by atoms with E-state index in [0.29, 0.717) is 26.1 Å². The number of ether oxygens (including phenoxy) is 1. The van der Waals surface area contributed by atoms with Crippen molar-refractivity contribution in [3.05, 3.63) is 30.1 Å². The molecule has 0 aromatic carbocycles. The summed E-state index contributed by atoms with van der Waals surface area (Å²) >= 11 is 0. The molecule has 2 aliphatic heterocycles. The van der Waals surface area contributed by atoms with Crippen molar-refractivity contribution in [2.75, 3.05) is 33.8 Å². The lowest BCUT2D eigenvalue weighted by molar-refractivity contribution is -0.135. The Bertz CT molecular complexity index is 612. The van der Waals surface area contributed by atoms with Gasteiger partial charge in [-0.2, -0.15) is 0 Å². The van der Waals surface area contributed by atoms with E-state index in [2.05, 4.69) is 10.3 Å². The largest absolute Gasteiger partial charge is 0.373 e. The molecule has 0 bridgehead atoms. The highest BCUT2D eigenvalue weighted by Gasteiger charge is 2.43. The van der Waals surface area contributed by atoms with E-state index in [1.807, 2.05) is 23.1 Å². The Balaban J connectivity index is 1.48. The SMILES string of the molecule is CN(C)C(=O)N[C@@H]1COC2(CCN(C(=O)Cc3ccccn3)CC2)C1. The third kappa shape index (κ3) is 4.28. The van der Waals surface area contributed by atoms with Gasteiger partial charge in [-0.15, -0.1) is 0 Å². The lowest BCUT2D eigenvalue weighted by Crippen LogP contribution is -2.48. The van der Waals surface area contributed by atoms with Gasteiger partial charge in [0.2, 0.25) is 5.91 Å². The van der Waals surface area contributed by atoms with Crippen LogP contribution in [-0.2, 0) is 16.0 Å².